The lowest BCUT2D eigenvalue weighted by Gasteiger charge is -2.35. The van der Waals surface area contributed by atoms with E-state index < -0.39 is 0 Å². The van der Waals surface area contributed by atoms with Crippen molar-refractivity contribution in [3.8, 4) is 0 Å². The third kappa shape index (κ3) is 2.33. The summed E-state index contributed by atoms with van der Waals surface area (Å²) >= 11 is 0. The molecule has 2 aromatic rings. The summed E-state index contributed by atoms with van der Waals surface area (Å²) in [6.45, 7) is 1.85. The van der Waals surface area contributed by atoms with Gasteiger partial charge < -0.3 is 19.0 Å². The number of hydrogen-bond acceptors (Lipinski definition) is 6. The first-order valence-corrected chi connectivity index (χ1v) is 9.02. The summed E-state index contributed by atoms with van der Waals surface area (Å²) in [6.07, 6.45) is 10.6. The van der Waals surface area contributed by atoms with Crippen molar-refractivity contribution in [2.45, 2.75) is 50.2 Å². The molecule has 1 N–H and O–H groups in total. The lowest BCUT2D eigenvalue weighted by atomic mass is 9.77. The summed E-state index contributed by atoms with van der Waals surface area (Å²) in [5.41, 5.74) is 0. The zero-order valence-corrected chi connectivity index (χ0v) is 13.7. The highest BCUT2D eigenvalue weighted by Gasteiger charge is 2.43. The van der Waals surface area contributed by atoms with Gasteiger partial charge in [-0.1, -0.05) is 11.5 Å². The zero-order valence-electron chi connectivity index (χ0n) is 13.7. The van der Waals surface area contributed by atoms with Crippen molar-refractivity contribution in [3.05, 3.63) is 24.6 Å². The molecule has 128 valence electrons. The smallest absolute Gasteiger partial charge is 0.318 e. The third-order valence-corrected chi connectivity index (χ3v) is 6.17. The average molecular weight is 329 g/mol. The van der Waals surface area contributed by atoms with Crippen LogP contribution >= 0.6 is 0 Å². The Kier molecular flexibility index (Phi) is 3.36. The molecule has 3 aliphatic rings. The van der Waals surface area contributed by atoms with Gasteiger partial charge in [-0.05, 0) is 37.5 Å². The minimum Gasteiger partial charge on any atom is -0.408 e. The maximum Gasteiger partial charge on any atom is 0.318 e. The highest BCUT2D eigenvalue weighted by Crippen LogP contribution is 2.43. The lowest BCUT2D eigenvalue weighted by Crippen LogP contribution is -2.35. The standard InChI is InChI=1S/C17H23N5O2/c23-15-7-13-9-22(17-20-19-16(24-17)11-2-1-3-11)8-12(13)6-14(15)21-5-4-18-10-21/h4-5,10-15,23H,1-3,6-9H2/t12-,13+,14-,15-/m1/s1. The van der Waals surface area contributed by atoms with Gasteiger partial charge in [0.2, 0.25) is 5.89 Å². The first-order valence-electron chi connectivity index (χ1n) is 9.02. The predicted molar refractivity (Wildman–Crippen MR) is 86.6 cm³/mol. The second-order valence-electron chi connectivity index (χ2n) is 7.59. The number of fused-ring (bicyclic) bond motifs is 1. The van der Waals surface area contributed by atoms with Crippen LogP contribution in [0.4, 0.5) is 6.01 Å². The van der Waals surface area contributed by atoms with Crippen LogP contribution in [0.5, 0.6) is 0 Å². The van der Waals surface area contributed by atoms with Crippen LogP contribution in [-0.4, -0.2) is 44.0 Å². The summed E-state index contributed by atoms with van der Waals surface area (Å²) in [5, 5.41) is 19.1. The maximum atomic E-state index is 10.5. The Balaban J connectivity index is 1.30. The number of nitrogens with zero attached hydrogens (tertiary/aromatic N) is 5. The van der Waals surface area contributed by atoms with Gasteiger partial charge in [0, 0.05) is 31.4 Å². The molecule has 7 nitrogen and oxygen atoms in total. The Morgan fingerprint density at radius 1 is 1.12 bits per heavy atom. The van der Waals surface area contributed by atoms with Gasteiger partial charge in [0.05, 0.1) is 18.5 Å². The van der Waals surface area contributed by atoms with Crippen LogP contribution in [0.25, 0.3) is 0 Å². The van der Waals surface area contributed by atoms with Crippen molar-refractivity contribution in [2.24, 2.45) is 11.8 Å². The largest absolute Gasteiger partial charge is 0.408 e. The molecule has 7 heteroatoms. The molecule has 4 atom stereocenters. The molecular formula is C17H23N5O2. The molecule has 1 aliphatic heterocycles. The van der Waals surface area contributed by atoms with Crippen molar-refractivity contribution >= 4 is 6.01 Å². The quantitative estimate of drug-likeness (QED) is 0.927. The molecule has 24 heavy (non-hydrogen) atoms. The Labute approximate surface area is 140 Å². The molecule has 2 aliphatic carbocycles. The summed E-state index contributed by atoms with van der Waals surface area (Å²) in [4.78, 5) is 6.34. The summed E-state index contributed by atoms with van der Waals surface area (Å²) in [7, 11) is 0. The summed E-state index contributed by atoms with van der Waals surface area (Å²) in [6, 6.07) is 0.793. The Morgan fingerprint density at radius 2 is 1.96 bits per heavy atom. The van der Waals surface area contributed by atoms with Crippen LogP contribution < -0.4 is 4.90 Å². The zero-order chi connectivity index (χ0) is 16.1. The molecule has 0 aromatic carbocycles. The number of anilines is 1. The Morgan fingerprint density at radius 3 is 2.67 bits per heavy atom. The molecule has 0 amide bonds. The number of rotatable bonds is 3. The summed E-state index contributed by atoms with van der Waals surface area (Å²) < 4.78 is 7.98. The minimum atomic E-state index is -0.311. The fourth-order valence-electron chi connectivity index (χ4n) is 4.52. The number of aliphatic hydroxyl groups is 1. The van der Waals surface area contributed by atoms with Crippen molar-refractivity contribution in [2.75, 3.05) is 18.0 Å². The van der Waals surface area contributed by atoms with Gasteiger partial charge in [0.15, 0.2) is 0 Å². The van der Waals surface area contributed by atoms with E-state index in [1.165, 1.54) is 19.3 Å². The van der Waals surface area contributed by atoms with E-state index >= 15 is 0 Å². The fraction of sp³-hybridized carbons (Fsp3) is 0.706. The lowest BCUT2D eigenvalue weighted by molar-refractivity contribution is 0.0358. The molecule has 3 fully saturated rings. The molecule has 0 bridgehead atoms. The van der Waals surface area contributed by atoms with E-state index in [4.69, 9.17) is 4.42 Å². The molecular weight excluding hydrogens is 306 g/mol. The van der Waals surface area contributed by atoms with Gasteiger partial charge in [0.1, 0.15) is 0 Å². The van der Waals surface area contributed by atoms with Gasteiger partial charge in [-0.2, -0.15) is 0 Å². The van der Waals surface area contributed by atoms with E-state index in [-0.39, 0.29) is 12.1 Å². The van der Waals surface area contributed by atoms with Crippen LogP contribution in [-0.2, 0) is 0 Å². The SMILES string of the molecule is O[C@@H]1C[C@H]2CN(c3nnc(C4CCC4)o3)C[C@H]2C[C@H]1n1ccnc1. The highest BCUT2D eigenvalue weighted by molar-refractivity contribution is 5.28. The Hall–Kier alpha value is -1.89. The number of imidazole rings is 1. The fourth-order valence-corrected chi connectivity index (χ4v) is 4.52. The average Bonchev–Trinajstić information content (AvgIpc) is 3.24. The van der Waals surface area contributed by atoms with E-state index in [1.807, 2.05) is 17.1 Å². The predicted octanol–water partition coefficient (Wildman–Crippen LogP) is 1.98. The third-order valence-electron chi connectivity index (χ3n) is 6.17. The molecule has 1 saturated heterocycles. The number of hydrogen-bond donors (Lipinski definition) is 1. The molecule has 0 spiro atoms. The molecule has 2 saturated carbocycles. The monoisotopic (exact) mass is 329 g/mol. The number of aromatic nitrogens is 4. The highest BCUT2D eigenvalue weighted by atomic mass is 16.4. The van der Waals surface area contributed by atoms with Gasteiger partial charge in [0.25, 0.3) is 0 Å². The van der Waals surface area contributed by atoms with Crippen molar-refractivity contribution < 1.29 is 9.52 Å². The van der Waals surface area contributed by atoms with Crippen LogP contribution in [0.1, 0.15) is 50.0 Å². The van der Waals surface area contributed by atoms with Crippen molar-refractivity contribution in [1.82, 2.24) is 19.7 Å². The van der Waals surface area contributed by atoms with Crippen LogP contribution in [0.2, 0.25) is 0 Å². The van der Waals surface area contributed by atoms with E-state index in [0.29, 0.717) is 23.8 Å². The molecule has 0 unspecified atom stereocenters. The van der Waals surface area contributed by atoms with Crippen LogP contribution in [0.15, 0.2) is 23.1 Å². The molecule has 5 rings (SSSR count). The molecule has 0 radical (unpaired) electrons. The Bertz CT molecular complexity index is 696. The maximum absolute atomic E-state index is 10.5. The second-order valence-corrected chi connectivity index (χ2v) is 7.59. The van der Waals surface area contributed by atoms with Crippen LogP contribution in [0, 0.1) is 11.8 Å². The minimum absolute atomic E-state index is 0.127. The van der Waals surface area contributed by atoms with Crippen molar-refractivity contribution in [1.29, 1.82) is 0 Å². The van der Waals surface area contributed by atoms with Crippen LogP contribution in [0.3, 0.4) is 0 Å². The van der Waals surface area contributed by atoms with E-state index in [0.717, 1.165) is 31.8 Å². The normalized spacial score (nSPS) is 33.5. The van der Waals surface area contributed by atoms with Gasteiger partial charge in [-0.3, -0.25) is 0 Å². The second kappa shape index (κ2) is 5.58. The van der Waals surface area contributed by atoms with E-state index in [2.05, 4.69) is 20.1 Å². The van der Waals surface area contributed by atoms with E-state index in [9.17, 15) is 5.11 Å². The van der Waals surface area contributed by atoms with Gasteiger partial charge >= 0.3 is 6.01 Å². The van der Waals surface area contributed by atoms with Gasteiger partial charge in [-0.25, -0.2) is 4.98 Å². The molecule has 3 heterocycles. The first kappa shape index (κ1) is 14.5. The number of aliphatic hydroxyl groups excluding tert-OH is 1. The van der Waals surface area contributed by atoms with Crippen molar-refractivity contribution in [3.63, 3.8) is 0 Å². The topological polar surface area (TPSA) is 80.2 Å². The first-order chi connectivity index (χ1) is 11.8. The van der Waals surface area contributed by atoms with E-state index in [1.54, 1.807) is 6.20 Å². The summed E-state index contributed by atoms with van der Waals surface area (Å²) in [5.74, 6) is 2.34. The van der Waals surface area contributed by atoms with Gasteiger partial charge in [-0.15, -0.1) is 5.10 Å². The molecule has 2 aromatic heterocycles.